The van der Waals surface area contributed by atoms with E-state index in [4.69, 9.17) is 0 Å². The number of rotatable bonds is 2. The molecule has 1 unspecified atom stereocenters. The minimum Gasteiger partial charge on any atom is -0.288 e. The molecule has 0 saturated heterocycles. The SMILES string of the molecule is CC1CCc2cc(C(=O)Nc3nn[nH]n3)ccc21. The van der Waals surface area contributed by atoms with Crippen LogP contribution in [0.3, 0.4) is 0 Å². The van der Waals surface area contributed by atoms with Gasteiger partial charge in [-0.1, -0.05) is 18.1 Å². The summed E-state index contributed by atoms with van der Waals surface area (Å²) < 4.78 is 0. The number of fused-ring (bicyclic) bond motifs is 1. The zero-order chi connectivity index (χ0) is 12.5. The van der Waals surface area contributed by atoms with Crippen LogP contribution in [0.5, 0.6) is 0 Å². The zero-order valence-corrected chi connectivity index (χ0v) is 9.97. The topological polar surface area (TPSA) is 83.6 Å². The van der Waals surface area contributed by atoms with Crippen LogP contribution in [-0.2, 0) is 6.42 Å². The highest BCUT2D eigenvalue weighted by atomic mass is 16.1. The Labute approximate surface area is 104 Å². The van der Waals surface area contributed by atoms with E-state index in [2.05, 4.69) is 32.9 Å². The number of H-pyrrole nitrogens is 1. The number of nitrogens with zero attached hydrogens (tertiary/aromatic N) is 3. The Morgan fingerprint density at radius 1 is 1.50 bits per heavy atom. The molecule has 1 atom stereocenters. The Kier molecular flexibility index (Phi) is 2.55. The van der Waals surface area contributed by atoms with E-state index in [0.29, 0.717) is 11.5 Å². The number of carbonyl (C=O) groups is 1. The van der Waals surface area contributed by atoms with E-state index in [9.17, 15) is 4.79 Å². The molecule has 0 spiro atoms. The van der Waals surface area contributed by atoms with Gasteiger partial charge in [0.05, 0.1) is 0 Å². The van der Waals surface area contributed by atoms with Crippen molar-refractivity contribution in [3.63, 3.8) is 0 Å². The van der Waals surface area contributed by atoms with Crippen LogP contribution in [0, 0.1) is 0 Å². The highest BCUT2D eigenvalue weighted by molar-refractivity contribution is 6.03. The number of aryl methyl sites for hydroxylation is 1. The summed E-state index contributed by atoms with van der Waals surface area (Å²) in [7, 11) is 0. The highest BCUT2D eigenvalue weighted by Crippen LogP contribution is 2.32. The molecule has 1 heterocycles. The molecule has 3 rings (SSSR count). The molecule has 0 radical (unpaired) electrons. The number of hydrogen-bond acceptors (Lipinski definition) is 4. The van der Waals surface area contributed by atoms with Crippen LogP contribution in [-0.4, -0.2) is 26.5 Å². The van der Waals surface area contributed by atoms with Gasteiger partial charge >= 0.3 is 0 Å². The molecule has 2 aromatic rings. The fourth-order valence-electron chi connectivity index (χ4n) is 2.36. The summed E-state index contributed by atoms with van der Waals surface area (Å²) in [6.07, 6.45) is 2.20. The number of anilines is 1. The largest absolute Gasteiger partial charge is 0.288 e. The van der Waals surface area contributed by atoms with Crippen molar-refractivity contribution in [2.75, 3.05) is 5.32 Å². The third-order valence-electron chi connectivity index (χ3n) is 3.35. The molecular formula is C12H13N5O. The van der Waals surface area contributed by atoms with E-state index in [-0.39, 0.29) is 11.9 Å². The molecule has 1 aliphatic rings. The third-order valence-corrected chi connectivity index (χ3v) is 3.35. The zero-order valence-electron chi connectivity index (χ0n) is 9.97. The Bertz CT molecular complexity index is 578. The summed E-state index contributed by atoms with van der Waals surface area (Å²) in [4.78, 5) is 12.0. The van der Waals surface area contributed by atoms with Gasteiger partial charge in [-0.25, -0.2) is 0 Å². The summed E-state index contributed by atoms with van der Waals surface area (Å²) in [5.41, 5.74) is 3.25. The van der Waals surface area contributed by atoms with Crippen molar-refractivity contribution in [3.8, 4) is 0 Å². The van der Waals surface area contributed by atoms with Gasteiger partial charge in [-0.3, -0.25) is 10.1 Å². The Hall–Kier alpha value is -2.24. The summed E-state index contributed by atoms with van der Waals surface area (Å²) in [5, 5.41) is 15.6. The van der Waals surface area contributed by atoms with Crippen LogP contribution < -0.4 is 5.32 Å². The predicted octanol–water partition coefficient (Wildman–Crippen LogP) is 1.50. The fourth-order valence-corrected chi connectivity index (χ4v) is 2.36. The summed E-state index contributed by atoms with van der Waals surface area (Å²) in [6, 6.07) is 5.84. The van der Waals surface area contributed by atoms with Gasteiger partial charge in [0.2, 0.25) is 0 Å². The Morgan fingerprint density at radius 2 is 2.39 bits per heavy atom. The van der Waals surface area contributed by atoms with Gasteiger partial charge in [-0.15, -0.1) is 5.10 Å². The Morgan fingerprint density at radius 3 is 3.17 bits per heavy atom. The average molecular weight is 243 g/mol. The van der Waals surface area contributed by atoms with Crippen LogP contribution in [0.2, 0.25) is 0 Å². The number of amides is 1. The van der Waals surface area contributed by atoms with Gasteiger partial charge in [-0.2, -0.15) is 5.21 Å². The molecule has 18 heavy (non-hydrogen) atoms. The van der Waals surface area contributed by atoms with E-state index in [1.54, 1.807) is 0 Å². The van der Waals surface area contributed by atoms with Crippen molar-refractivity contribution in [2.24, 2.45) is 0 Å². The second-order valence-corrected chi connectivity index (χ2v) is 4.54. The van der Waals surface area contributed by atoms with Crippen molar-refractivity contribution in [2.45, 2.75) is 25.7 Å². The highest BCUT2D eigenvalue weighted by Gasteiger charge is 2.20. The second-order valence-electron chi connectivity index (χ2n) is 4.54. The van der Waals surface area contributed by atoms with Crippen molar-refractivity contribution < 1.29 is 4.79 Å². The van der Waals surface area contributed by atoms with E-state index < -0.39 is 0 Å². The van der Waals surface area contributed by atoms with Crippen molar-refractivity contribution in [1.82, 2.24) is 20.6 Å². The van der Waals surface area contributed by atoms with Gasteiger partial charge in [0, 0.05) is 5.56 Å². The first-order chi connectivity index (χ1) is 8.74. The van der Waals surface area contributed by atoms with E-state index in [0.717, 1.165) is 12.8 Å². The molecule has 0 saturated carbocycles. The second kappa shape index (κ2) is 4.21. The lowest BCUT2D eigenvalue weighted by Crippen LogP contribution is -2.13. The number of tetrazole rings is 1. The first-order valence-electron chi connectivity index (χ1n) is 5.91. The minimum absolute atomic E-state index is 0.189. The van der Waals surface area contributed by atoms with E-state index in [1.807, 2.05) is 18.2 Å². The maximum absolute atomic E-state index is 12.0. The number of nitrogens with one attached hydrogen (secondary N) is 2. The van der Waals surface area contributed by atoms with Crippen molar-refractivity contribution in [1.29, 1.82) is 0 Å². The van der Waals surface area contributed by atoms with E-state index >= 15 is 0 Å². The number of carbonyl (C=O) groups excluding carboxylic acids is 1. The molecule has 0 aliphatic heterocycles. The Balaban J connectivity index is 1.83. The van der Waals surface area contributed by atoms with E-state index in [1.165, 1.54) is 11.1 Å². The monoisotopic (exact) mass is 243 g/mol. The molecule has 1 amide bonds. The number of aromatic amines is 1. The van der Waals surface area contributed by atoms with Crippen molar-refractivity contribution >= 4 is 11.9 Å². The normalized spacial score (nSPS) is 17.5. The smallest absolute Gasteiger partial charge is 0.270 e. The van der Waals surface area contributed by atoms with Gasteiger partial charge in [-0.05, 0) is 47.2 Å². The lowest BCUT2D eigenvalue weighted by molar-refractivity contribution is 0.102. The molecule has 1 aromatic heterocycles. The first-order valence-corrected chi connectivity index (χ1v) is 5.91. The maximum Gasteiger partial charge on any atom is 0.270 e. The third kappa shape index (κ3) is 1.85. The lowest BCUT2D eigenvalue weighted by Gasteiger charge is -2.06. The molecule has 0 bridgehead atoms. The summed E-state index contributed by atoms with van der Waals surface area (Å²) in [5.74, 6) is 0.571. The molecule has 0 fully saturated rings. The molecule has 1 aromatic carbocycles. The van der Waals surface area contributed by atoms with Gasteiger partial charge in [0.1, 0.15) is 0 Å². The van der Waals surface area contributed by atoms with Crippen LogP contribution in [0.15, 0.2) is 18.2 Å². The fraction of sp³-hybridized carbons (Fsp3) is 0.333. The minimum atomic E-state index is -0.209. The molecule has 6 nitrogen and oxygen atoms in total. The standard InChI is InChI=1S/C12H13N5O/c1-7-2-3-8-6-9(4-5-10(7)8)11(18)13-12-14-16-17-15-12/h4-7H,2-3H2,1H3,(H2,13,14,15,16,17,18). The van der Waals surface area contributed by atoms with Gasteiger partial charge < -0.3 is 0 Å². The molecular weight excluding hydrogens is 230 g/mol. The number of benzene rings is 1. The van der Waals surface area contributed by atoms with Crippen LogP contribution in [0.4, 0.5) is 5.95 Å². The van der Waals surface area contributed by atoms with Gasteiger partial charge in [0.15, 0.2) is 0 Å². The van der Waals surface area contributed by atoms with Crippen LogP contribution in [0.25, 0.3) is 0 Å². The summed E-state index contributed by atoms with van der Waals surface area (Å²) >= 11 is 0. The maximum atomic E-state index is 12.0. The molecule has 2 N–H and O–H groups in total. The number of hydrogen-bond donors (Lipinski definition) is 2. The quantitative estimate of drug-likeness (QED) is 0.837. The summed E-state index contributed by atoms with van der Waals surface area (Å²) in [6.45, 7) is 2.21. The number of aromatic nitrogens is 4. The molecule has 1 aliphatic carbocycles. The lowest BCUT2D eigenvalue weighted by atomic mass is 10.0. The first kappa shape index (κ1) is 10.9. The van der Waals surface area contributed by atoms with Crippen LogP contribution in [0.1, 0.15) is 40.7 Å². The molecule has 6 heteroatoms. The predicted molar refractivity (Wildman–Crippen MR) is 65.3 cm³/mol. The van der Waals surface area contributed by atoms with Crippen LogP contribution >= 0.6 is 0 Å². The molecule has 92 valence electrons. The van der Waals surface area contributed by atoms with Crippen molar-refractivity contribution in [3.05, 3.63) is 34.9 Å². The van der Waals surface area contributed by atoms with Gasteiger partial charge in [0.25, 0.3) is 11.9 Å². The average Bonchev–Trinajstić information content (AvgIpc) is 2.99.